The molecule has 0 spiro atoms. The van der Waals surface area contributed by atoms with Gasteiger partial charge in [-0.05, 0) is 182 Å². The first-order valence-corrected chi connectivity index (χ1v) is 33.6. The Labute approximate surface area is 562 Å². The molecule has 0 amide bonds. The van der Waals surface area contributed by atoms with E-state index in [1.54, 1.807) is 0 Å². The van der Waals surface area contributed by atoms with E-state index in [2.05, 4.69) is 384 Å². The zero-order chi connectivity index (χ0) is 64.3. The Kier molecular flexibility index (Phi) is 12.9. The van der Waals surface area contributed by atoms with Crippen LogP contribution in [0.2, 0.25) is 0 Å². The monoisotopic (exact) mass is 1240 g/mol. The molecule has 456 valence electrons. The van der Waals surface area contributed by atoms with Crippen molar-refractivity contribution in [1.29, 1.82) is 0 Å². The summed E-state index contributed by atoms with van der Waals surface area (Å²) >= 11 is 0. The second kappa shape index (κ2) is 22.3. The van der Waals surface area contributed by atoms with Crippen molar-refractivity contribution in [3.05, 3.63) is 363 Å². The van der Waals surface area contributed by atoms with Crippen molar-refractivity contribution in [1.82, 2.24) is 18.3 Å². The quantitative estimate of drug-likeness (QED) is 0.144. The molecule has 4 nitrogen and oxygen atoms in total. The van der Waals surface area contributed by atoms with Crippen LogP contribution in [-0.4, -0.2) is 18.3 Å². The van der Waals surface area contributed by atoms with Gasteiger partial charge in [0.05, 0.1) is 44.1 Å². The Morgan fingerprint density at radius 2 is 0.474 bits per heavy atom. The van der Waals surface area contributed by atoms with Gasteiger partial charge in [-0.25, -0.2) is 0 Å². The lowest BCUT2D eigenvalue weighted by atomic mass is 9.82. The predicted molar refractivity (Wildman–Crippen MR) is 410 cm³/mol. The van der Waals surface area contributed by atoms with Crippen LogP contribution in [0.1, 0.15) is 25.0 Å². The van der Waals surface area contributed by atoms with Crippen LogP contribution in [0.3, 0.4) is 0 Å². The van der Waals surface area contributed by atoms with Crippen molar-refractivity contribution in [3.63, 3.8) is 0 Å². The molecule has 1 aliphatic carbocycles. The van der Waals surface area contributed by atoms with Gasteiger partial charge in [0.25, 0.3) is 0 Å². The molecular weight excluding hydrogens is 1170 g/mol. The van der Waals surface area contributed by atoms with Crippen molar-refractivity contribution in [2.75, 3.05) is 0 Å². The summed E-state index contributed by atoms with van der Waals surface area (Å²) in [5, 5.41) is 10.1. The first-order chi connectivity index (χ1) is 47.9. The van der Waals surface area contributed by atoms with E-state index in [9.17, 15) is 0 Å². The van der Waals surface area contributed by atoms with Crippen LogP contribution in [0.5, 0.6) is 0 Å². The van der Waals surface area contributed by atoms with Crippen molar-refractivity contribution in [3.8, 4) is 78.4 Å². The van der Waals surface area contributed by atoms with Gasteiger partial charge in [0.1, 0.15) is 0 Å². The van der Waals surface area contributed by atoms with Crippen molar-refractivity contribution >= 4 is 87.2 Å². The molecule has 0 atom stereocenters. The van der Waals surface area contributed by atoms with Gasteiger partial charge in [-0.1, -0.05) is 250 Å². The summed E-state index contributed by atoms with van der Waals surface area (Å²) in [6.07, 6.45) is 0. The molecule has 0 bridgehead atoms. The average molecular weight is 1240 g/mol. The molecule has 0 aliphatic heterocycles. The predicted octanol–water partition coefficient (Wildman–Crippen LogP) is 24.7. The number of benzene rings is 15. The third-order valence-electron chi connectivity index (χ3n) is 20.7. The van der Waals surface area contributed by atoms with Gasteiger partial charge in [0.2, 0.25) is 0 Å². The second-order valence-electron chi connectivity index (χ2n) is 26.4. The summed E-state index contributed by atoms with van der Waals surface area (Å²) in [5.74, 6) is 0. The first kappa shape index (κ1) is 56.1. The van der Waals surface area contributed by atoms with Gasteiger partial charge in [0, 0.05) is 71.3 Å². The van der Waals surface area contributed by atoms with E-state index in [0.29, 0.717) is 0 Å². The van der Waals surface area contributed by atoms with Crippen LogP contribution in [0, 0.1) is 0 Å². The van der Waals surface area contributed by atoms with Crippen LogP contribution in [0.4, 0.5) is 0 Å². The van der Waals surface area contributed by atoms with E-state index < -0.39 is 0 Å². The summed E-state index contributed by atoms with van der Waals surface area (Å²) in [4.78, 5) is 0. The minimum Gasteiger partial charge on any atom is -0.309 e. The normalized spacial score (nSPS) is 12.5. The van der Waals surface area contributed by atoms with Crippen molar-refractivity contribution < 1.29 is 0 Å². The number of hydrogen-bond donors (Lipinski definition) is 0. The fourth-order valence-electron chi connectivity index (χ4n) is 16.0. The minimum atomic E-state index is -0.00527. The summed E-state index contributed by atoms with van der Waals surface area (Å²) in [6.45, 7) is 4.69. The van der Waals surface area contributed by atoms with E-state index >= 15 is 0 Å². The fourth-order valence-corrected chi connectivity index (χ4v) is 16.0. The van der Waals surface area contributed by atoms with Crippen LogP contribution in [-0.2, 0) is 5.41 Å². The largest absolute Gasteiger partial charge is 0.309 e. The number of hydrogen-bond acceptors (Lipinski definition) is 0. The molecule has 0 saturated heterocycles. The Morgan fingerprint density at radius 1 is 0.175 bits per heavy atom. The number of nitrogens with zero attached hydrogens (tertiary/aromatic N) is 4. The molecule has 20 rings (SSSR count). The van der Waals surface area contributed by atoms with Crippen molar-refractivity contribution in [2.24, 2.45) is 0 Å². The highest BCUT2D eigenvalue weighted by molar-refractivity contribution is 6.15. The molecule has 0 fully saturated rings. The maximum atomic E-state index is 2.44. The average Bonchev–Trinajstić information content (AvgIpc) is 1.60. The minimum absolute atomic E-state index is 0.00527. The maximum Gasteiger partial charge on any atom is 0.0547 e. The number of fused-ring (bicyclic) bond motifs is 15. The highest BCUT2D eigenvalue weighted by Crippen LogP contribution is 2.50. The Morgan fingerprint density at radius 3 is 0.948 bits per heavy atom. The van der Waals surface area contributed by atoms with Gasteiger partial charge < -0.3 is 18.3 Å². The van der Waals surface area contributed by atoms with E-state index in [0.717, 1.165) is 11.4 Å². The maximum absolute atomic E-state index is 2.44. The molecule has 0 radical (unpaired) electrons. The standard InChI is InChI=1S/C48H32N2.C45H32N2/c1-3-11-33(12-4-1)35-19-25-39(26-20-35)49-46-18-10-8-16-42(46)44-31-37(24-30-47(44)49)38-23-29-43-41-15-7-9-17-45(41)50(48(43)32-38)40-27-21-36(22-28-40)34-13-5-2-6-14-34;1-45(2)39-17-9-6-14-33(39)36-28-32(22-23-40(36)45)47-42-19-11-8-16-35(42)38-27-30(21-25-44(38)47)29-20-24-43-37(26-29)34-15-7-10-18-41(34)46(43)31-12-4-3-5-13-31/h1-32H;3-28H,1-2H3. The molecule has 4 aromatic heterocycles. The zero-order valence-electron chi connectivity index (χ0n) is 53.8. The third kappa shape index (κ3) is 9.05. The van der Waals surface area contributed by atoms with Crippen LogP contribution in [0.15, 0.2) is 352 Å². The highest BCUT2D eigenvalue weighted by Gasteiger charge is 2.35. The molecule has 4 heteroatoms. The van der Waals surface area contributed by atoms with E-state index in [1.807, 2.05) is 0 Å². The molecule has 0 N–H and O–H groups in total. The summed E-state index contributed by atoms with van der Waals surface area (Å²) in [7, 11) is 0. The summed E-state index contributed by atoms with van der Waals surface area (Å²) in [5.41, 5.74) is 29.7. The fraction of sp³-hybridized carbons (Fsp3) is 0.0323. The van der Waals surface area contributed by atoms with Gasteiger partial charge in [-0.2, -0.15) is 0 Å². The molecule has 19 aromatic rings. The Bertz CT molecular complexity index is 6300. The lowest BCUT2D eigenvalue weighted by Crippen LogP contribution is -2.14. The van der Waals surface area contributed by atoms with Crippen LogP contribution < -0.4 is 0 Å². The molecule has 97 heavy (non-hydrogen) atoms. The van der Waals surface area contributed by atoms with Gasteiger partial charge in [0.15, 0.2) is 0 Å². The molecule has 0 saturated carbocycles. The number of aromatic nitrogens is 4. The van der Waals surface area contributed by atoms with Gasteiger partial charge >= 0.3 is 0 Å². The van der Waals surface area contributed by atoms with E-state index in [4.69, 9.17) is 0 Å². The lowest BCUT2D eigenvalue weighted by molar-refractivity contribution is 0.660. The van der Waals surface area contributed by atoms with E-state index in [1.165, 1.54) is 165 Å². The zero-order valence-corrected chi connectivity index (χ0v) is 53.8. The summed E-state index contributed by atoms with van der Waals surface area (Å²) in [6, 6.07) is 128. The molecule has 4 heterocycles. The Balaban J connectivity index is 0.000000137. The second-order valence-corrected chi connectivity index (χ2v) is 26.4. The lowest BCUT2D eigenvalue weighted by Gasteiger charge is -2.21. The molecule has 0 unspecified atom stereocenters. The van der Waals surface area contributed by atoms with Crippen LogP contribution in [0.25, 0.3) is 166 Å². The van der Waals surface area contributed by atoms with Gasteiger partial charge in [-0.3, -0.25) is 0 Å². The summed E-state index contributed by atoms with van der Waals surface area (Å²) < 4.78 is 9.62. The van der Waals surface area contributed by atoms with Gasteiger partial charge in [-0.15, -0.1) is 0 Å². The topological polar surface area (TPSA) is 19.7 Å². The smallest absolute Gasteiger partial charge is 0.0547 e. The molecule has 15 aromatic carbocycles. The Hall–Kier alpha value is -12.5. The highest BCUT2D eigenvalue weighted by atomic mass is 15.0. The van der Waals surface area contributed by atoms with Crippen molar-refractivity contribution in [2.45, 2.75) is 19.3 Å². The number of rotatable bonds is 8. The SMILES string of the molecule is CC1(C)c2ccccc2-c2cc(-n3c4ccccc4c4cc(-c5ccc6c(c5)c5ccccc5n6-c5ccccc5)ccc43)ccc21.c1ccc(-c2ccc(-n3c4ccccc4c4cc(-c5ccc6c7ccccc7n(-c7ccc(-c8ccccc8)cc7)c6c5)ccc43)cc2)cc1. The molecule has 1 aliphatic rings. The van der Waals surface area contributed by atoms with Crippen LogP contribution >= 0.6 is 0 Å². The number of para-hydroxylation sites is 5. The third-order valence-corrected chi connectivity index (χ3v) is 20.7. The first-order valence-electron chi connectivity index (χ1n) is 33.6. The molecular formula is C93H64N4. The van der Waals surface area contributed by atoms with E-state index in [-0.39, 0.29) is 5.41 Å².